The van der Waals surface area contributed by atoms with Crippen LogP contribution in [-0.4, -0.2) is 35.7 Å². The summed E-state index contributed by atoms with van der Waals surface area (Å²) >= 11 is 4.86. The average molecular weight is 282 g/mol. The van der Waals surface area contributed by atoms with E-state index in [0.717, 1.165) is 38.2 Å². The molecule has 1 saturated heterocycles. The van der Waals surface area contributed by atoms with Crippen LogP contribution in [0.3, 0.4) is 0 Å². The van der Waals surface area contributed by atoms with E-state index in [1.807, 2.05) is 0 Å². The number of morpholine rings is 1. The van der Waals surface area contributed by atoms with Crippen molar-refractivity contribution < 1.29 is 9.13 Å². The van der Waals surface area contributed by atoms with Crippen LogP contribution in [0.4, 0.5) is 4.39 Å². The first kappa shape index (κ1) is 14.4. The quantitative estimate of drug-likeness (QED) is 0.858. The molecule has 0 aromatic heterocycles. The van der Waals surface area contributed by atoms with Gasteiger partial charge in [-0.05, 0) is 24.1 Å². The third kappa shape index (κ3) is 3.72. The fourth-order valence-electron chi connectivity index (χ4n) is 2.29. The van der Waals surface area contributed by atoms with Gasteiger partial charge in [0, 0.05) is 25.2 Å². The lowest BCUT2D eigenvalue weighted by Crippen LogP contribution is -2.41. The van der Waals surface area contributed by atoms with E-state index >= 15 is 0 Å². The number of thiocarbonyl (C=S) groups is 1. The second-order valence-corrected chi connectivity index (χ2v) is 5.25. The molecule has 1 fully saturated rings. The van der Waals surface area contributed by atoms with E-state index in [1.165, 1.54) is 6.07 Å². The Balaban J connectivity index is 2.06. The van der Waals surface area contributed by atoms with Crippen molar-refractivity contribution in [3.05, 3.63) is 35.1 Å². The number of nitrogens with two attached hydrogens (primary N) is 1. The second-order valence-electron chi connectivity index (χ2n) is 4.81. The zero-order valence-electron chi connectivity index (χ0n) is 11.1. The van der Waals surface area contributed by atoms with Crippen molar-refractivity contribution in [3.63, 3.8) is 0 Å². The molecule has 0 aliphatic carbocycles. The molecule has 0 spiro atoms. The molecule has 2 N–H and O–H groups in total. The fourth-order valence-corrected chi connectivity index (χ4v) is 2.45. The molecule has 1 atom stereocenters. The number of hydrogen-bond donors (Lipinski definition) is 1. The van der Waals surface area contributed by atoms with Crippen LogP contribution in [0.25, 0.3) is 0 Å². The third-order valence-corrected chi connectivity index (χ3v) is 3.60. The SMILES string of the molecule is CCC1CN(Cc2ccc(F)c(C(N)=S)c2)CCO1. The zero-order valence-corrected chi connectivity index (χ0v) is 11.9. The molecule has 2 rings (SSSR count). The van der Waals surface area contributed by atoms with Crippen LogP contribution in [0, 0.1) is 5.82 Å². The van der Waals surface area contributed by atoms with Crippen LogP contribution in [0.2, 0.25) is 0 Å². The van der Waals surface area contributed by atoms with Gasteiger partial charge in [0.25, 0.3) is 0 Å². The molecule has 1 aliphatic heterocycles. The number of rotatable bonds is 4. The van der Waals surface area contributed by atoms with E-state index in [0.29, 0.717) is 11.7 Å². The smallest absolute Gasteiger partial charge is 0.133 e. The highest BCUT2D eigenvalue weighted by Crippen LogP contribution is 2.15. The largest absolute Gasteiger partial charge is 0.389 e. The van der Waals surface area contributed by atoms with E-state index in [1.54, 1.807) is 12.1 Å². The van der Waals surface area contributed by atoms with Crippen LogP contribution < -0.4 is 5.73 Å². The minimum atomic E-state index is -0.357. The summed E-state index contributed by atoms with van der Waals surface area (Å²) in [6, 6.07) is 4.96. The van der Waals surface area contributed by atoms with Crippen molar-refractivity contribution in [2.45, 2.75) is 26.0 Å². The average Bonchev–Trinajstić information content (AvgIpc) is 2.41. The fraction of sp³-hybridized carbons (Fsp3) is 0.500. The first-order valence-corrected chi connectivity index (χ1v) is 6.93. The maximum atomic E-state index is 13.5. The summed E-state index contributed by atoms with van der Waals surface area (Å²) in [5, 5.41) is 0. The van der Waals surface area contributed by atoms with Crippen LogP contribution in [0.5, 0.6) is 0 Å². The van der Waals surface area contributed by atoms with Crippen molar-refractivity contribution in [1.29, 1.82) is 0 Å². The van der Waals surface area contributed by atoms with Crippen molar-refractivity contribution in [2.24, 2.45) is 5.73 Å². The molecule has 5 heteroatoms. The van der Waals surface area contributed by atoms with Gasteiger partial charge in [-0.15, -0.1) is 0 Å². The van der Waals surface area contributed by atoms with E-state index in [2.05, 4.69) is 11.8 Å². The topological polar surface area (TPSA) is 38.5 Å². The molecule has 1 unspecified atom stereocenters. The van der Waals surface area contributed by atoms with Crippen LogP contribution in [0.1, 0.15) is 24.5 Å². The Kier molecular flexibility index (Phi) is 4.85. The molecular weight excluding hydrogens is 263 g/mol. The molecule has 0 saturated carbocycles. The number of ether oxygens (including phenoxy) is 1. The molecule has 1 aliphatic rings. The first-order valence-electron chi connectivity index (χ1n) is 6.52. The maximum Gasteiger partial charge on any atom is 0.133 e. The minimum absolute atomic E-state index is 0.104. The summed E-state index contributed by atoms with van der Waals surface area (Å²) in [7, 11) is 0. The lowest BCUT2D eigenvalue weighted by Gasteiger charge is -2.32. The molecule has 1 aromatic rings. The third-order valence-electron chi connectivity index (χ3n) is 3.38. The van der Waals surface area contributed by atoms with Crippen LogP contribution >= 0.6 is 12.2 Å². The monoisotopic (exact) mass is 282 g/mol. The normalized spacial score (nSPS) is 20.4. The molecule has 0 bridgehead atoms. The molecule has 104 valence electrons. The first-order chi connectivity index (χ1) is 9.10. The Bertz CT molecular complexity index is 467. The summed E-state index contributed by atoms with van der Waals surface area (Å²) in [5.41, 5.74) is 6.87. The molecule has 0 radical (unpaired) electrons. The summed E-state index contributed by atoms with van der Waals surface area (Å²) in [4.78, 5) is 2.42. The highest BCUT2D eigenvalue weighted by molar-refractivity contribution is 7.80. The maximum absolute atomic E-state index is 13.5. The number of nitrogens with zero attached hydrogens (tertiary/aromatic N) is 1. The van der Waals surface area contributed by atoms with E-state index < -0.39 is 0 Å². The lowest BCUT2D eigenvalue weighted by atomic mass is 10.1. The molecule has 1 heterocycles. The van der Waals surface area contributed by atoms with E-state index in [9.17, 15) is 4.39 Å². The van der Waals surface area contributed by atoms with Gasteiger partial charge in [0.1, 0.15) is 10.8 Å². The van der Waals surface area contributed by atoms with Crippen molar-refractivity contribution >= 4 is 17.2 Å². The number of halogens is 1. The van der Waals surface area contributed by atoms with Gasteiger partial charge in [-0.3, -0.25) is 4.90 Å². The number of benzene rings is 1. The molecule has 19 heavy (non-hydrogen) atoms. The summed E-state index contributed by atoms with van der Waals surface area (Å²) < 4.78 is 19.1. The van der Waals surface area contributed by atoms with Gasteiger partial charge in [0.2, 0.25) is 0 Å². The van der Waals surface area contributed by atoms with Gasteiger partial charge >= 0.3 is 0 Å². The number of hydrogen-bond acceptors (Lipinski definition) is 3. The van der Waals surface area contributed by atoms with Gasteiger partial charge in [0.15, 0.2) is 0 Å². The van der Waals surface area contributed by atoms with Crippen molar-refractivity contribution in [3.8, 4) is 0 Å². The van der Waals surface area contributed by atoms with Gasteiger partial charge in [0.05, 0.1) is 12.7 Å². The van der Waals surface area contributed by atoms with Crippen molar-refractivity contribution in [2.75, 3.05) is 19.7 Å². The Morgan fingerprint density at radius 3 is 3.05 bits per heavy atom. The Morgan fingerprint density at radius 1 is 1.58 bits per heavy atom. The predicted molar refractivity (Wildman–Crippen MR) is 77.6 cm³/mol. The van der Waals surface area contributed by atoms with Crippen LogP contribution in [-0.2, 0) is 11.3 Å². The molecule has 3 nitrogen and oxygen atoms in total. The summed E-state index contributed by atoms with van der Waals surface area (Å²) in [6.45, 7) is 5.46. The summed E-state index contributed by atoms with van der Waals surface area (Å²) in [5.74, 6) is -0.357. The van der Waals surface area contributed by atoms with Crippen molar-refractivity contribution in [1.82, 2.24) is 4.90 Å². The Hall–Kier alpha value is -1.04. The highest BCUT2D eigenvalue weighted by atomic mass is 32.1. The van der Waals surface area contributed by atoms with Gasteiger partial charge in [-0.2, -0.15) is 0 Å². The molecular formula is C14H19FN2OS. The molecule has 1 aromatic carbocycles. The minimum Gasteiger partial charge on any atom is -0.389 e. The Morgan fingerprint density at radius 2 is 2.37 bits per heavy atom. The zero-order chi connectivity index (χ0) is 13.8. The van der Waals surface area contributed by atoms with Gasteiger partial charge in [-0.25, -0.2) is 4.39 Å². The molecule has 0 amide bonds. The Labute approximate surface area is 118 Å². The van der Waals surface area contributed by atoms with E-state index in [-0.39, 0.29) is 10.8 Å². The second kappa shape index (κ2) is 6.41. The lowest BCUT2D eigenvalue weighted by molar-refractivity contribution is -0.0324. The predicted octanol–water partition coefficient (Wildman–Crippen LogP) is 2.07. The van der Waals surface area contributed by atoms with Gasteiger partial charge < -0.3 is 10.5 Å². The summed E-state index contributed by atoms with van der Waals surface area (Å²) in [6.07, 6.45) is 1.31. The highest BCUT2D eigenvalue weighted by Gasteiger charge is 2.19. The van der Waals surface area contributed by atoms with E-state index in [4.69, 9.17) is 22.7 Å². The van der Waals surface area contributed by atoms with Gasteiger partial charge in [-0.1, -0.05) is 25.2 Å². The standard InChI is InChI=1S/C14H19FN2OS/c1-2-11-9-17(5-6-18-11)8-10-3-4-13(15)12(7-10)14(16)19/h3-4,7,11H,2,5-6,8-9H2,1H3,(H2,16,19). The van der Waals surface area contributed by atoms with Crippen LogP contribution in [0.15, 0.2) is 18.2 Å².